The third-order valence-corrected chi connectivity index (χ3v) is 5.75. The maximum atomic E-state index is 12.4. The normalized spacial score (nSPS) is 24.1. The molecule has 0 spiro atoms. The molecule has 2 aliphatic rings. The van der Waals surface area contributed by atoms with E-state index in [1.165, 1.54) is 22.5 Å². The quantitative estimate of drug-likeness (QED) is 0.923. The van der Waals surface area contributed by atoms with Crippen LogP contribution in [0.1, 0.15) is 27.2 Å². The lowest BCUT2D eigenvalue weighted by Gasteiger charge is -2.34. The number of carbonyl (C=O) groups excluding carboxylic acids is 1. The molecule has 126 valence electrons. The van der Waals surface area contributed by atoms with Crippen molar-refractivity contribution in [2.75, 3.05) is 26.2 Å². The fourth-order valence-corrected chi connectivity index (χ4v) is 4.33. The molecule has 4 rings (SSSR count). The molecule has 1 aromatic heterocycles. The molecule has 1 amide bonds. The number of likely N-dealkylation sites (tertiary alicyclic amines) is 1. The van der Waals surface area contributed by atoms with Crippen LogP contribution in [-0.4, -0.2) is 57.6 Å². The first kappa shape index (κ1) is 15.7. The van der Waals surface area contributed by atoms with E-state index < -0.39 is 5.60 Å². The highest BCUT2D eigenvalue weighted by Crippen LogP contribution is 2.27. The van der Waals surface area contributed by atoms with Gasteiger partial charge in [0.05, 0.1) is 23.9 Å². The Balaban J connectivity index is 1.40. The highest BCUT2D eigenvalue weighted by molar-refractivity contribution is 7.11. The molecule has 0 bridgehead atoms. The Morgan fingerprint density at radius 3 is 2.92 bits per heavy atom. The number of hydrogen-bond acceptors (Lipinski definition) is 5. The average molecular weight is 343 g/mol. The minimum absolute atomic E-state index is 0.0163. The van der Waals surface area contributed by atoms with Gasteiger partial charge in [0, 0.05) is 26.2 Å². The summed E-state index contributed by atoms with van der Waals surface area (Å²) in [6.07, 6.45) is 3.26. The van der Waals surface area contributed by atoms with Gasteiger partial charge < -0.3 is 10.0 Å². The van der Waals surface area contributed by atoms with Crippen molar-refractivity contribution in [3.8, 4) is 0 Å². The number of hydrogen-bond donors (Lipinski definition) is 1. The number of aliphatic hydroxyl groups is 1. The standard InChI is InChI=1S/C18H21N3O2S/c22-17(16-9-19-13-24-16)21-8-6-18(23,12-21)11-20-7-5-14-3-1-2-4-15(14)10-20/h1-4,9,13,23H,5-8,10-12H2/t18-/m1/s1. The maximum Gasteiger partial charge on any atom is 0.265 e. The summed E-state index contributed by atoms with van der Waals surface area (Å²) in [5, 5.41) is 11.0. The van der Waals surface area contributed by atoms with Crippen molar-refractivity contribution in [2.45, 2.75) is 25.0 Å². The van der Waals surface area contributed by atoms with Gasteiger partial charge in [0.25, 0.3) is 5.91 Å². The molecule has 1 fully saturated rings. The van der Waals surface area contributed by atoms with Gasteiger partial charge in [-0.2, -0.15) is 0 Å². The fraction of sp³-hybridized carbons (Fsp3) is 0.444. The summed E-state index contributed by atoms with van der Waals surface area (Å²) in [7, 11) is 0. The number of amides is 1. The van der Waals surface area contributed by atoms with Crippen LogP contribution in [0.3, 0.4) is 0 Å². The molecule has 0 radical (unpaired) electrons. The highest BCUT2D eigenvalue weighted by atomic mass is 32.1. The van der Waals surface area contributed by atoms with Crippen molar-refractivity contribution >= 4 is 17.2 Å². The van der Waals surface area contributed by atoms with Crippen molar-refractivity contribution in [1.82, 2.24) is 14.8 Å². The number of rotatable bonds is 3. The van der Waals surface area contributed by atoms with E-state index in [4.69, 9.17) is 0 Å². The van der Waals surface area contributed by atoms with E-state index in [1.807, 2.05) is 0 Å². The number of carbonyl (C=O) groups is 1. The molecule has 0 aliphatic carbocycles. The molecule has 5 nitrogen and oxygen atoms in total. The zero-order valence-electron chi connectivity index (χ0n) is 13.5. The number of nitrogens with zero attached hydrogens (tertiary/aromatic N) is 3. The SMILES string of the molecule is O=C(c1cncs1)N1CC[C@@](O)(CN2CCc3ccccc3C2)C1. The maximum absolute atomic E-state index is 12.4. The molecule has 0 saturated carbocycles. The average Bonchev–Trinajstić information content (AvgIpc) is 3.24. The van der Waals surface area contributed by atoms with Crippen molar-refractivity contribution in [1.29, 1.82) is 0 Å². The van der Waals surface area contributed by atoms with Crippen LogP contribution in [0.25, 0.3) is 0 Å². The van der Waals surface area contributed by atoms with Crippen LogP contribution in [0.4, 0.5) is 0 Å². The number of thiazole rings is 1. The minimum Gasteiger partial charge on any atom is -0.387 e. The second kappa shape index (κ2) is 6.27. The Labute approximate surface area is 145 Å². The van der Waals surface area contributed by atoms with E-state index >= 15 is 0 Å². The zero-order valence-corrected chi connectivity index (χ0v) is 14.3. The molecule has 24 heavy (non-hydrogen) atoms. The van der Waals surface area contributed by atoms with E-state index in [9.17, 15) is 9.90 Å². The lowest BCUT2D eigenvalue weighted by Crippen LogP contribution is -2.47. The number of benzene rings is 1. The van der Waals surface area contributed by atoms with Crippen molar-refractivity contribution < 1.29 is 9.90 Å². The second-order valence-electron chi connectivity index (χ2n) is 6.80. The molecule has 2 aromatic rings. The Bertz CT molecular complexity index is 734. The summed E-state index contributed by atoms with van der Waals surface area (Å²) >= 11 is 1.35. The lowest BCUT2D eigenvalue weighted by atomic mass is 9.97. The van der Waals surface area contributed by atoms with Crippen LogP contribution < -0.4 is 0 Å². The fourth-order valence-electron chi connectivity index (χ4n) is 3.74. The molecular weight excluding hydrogens is 322 g/mol. The van der Waals surface area contributed by atoms with Crippen molar-refractivity contribution in [3.05, 3.63) is 52.0 Å². The monoisotopic (exact) mass is 343 g/mol. The van der Waals surface area contributed by atoms with Gasteiger partial charge in [-0.05, 0) is 24.0 Å². The largest absolute Gasteiger partial charge is 0.387 e. The lowest BCUT2D eigenvalue weighted by molar-refractivity contribution is 0.00810. The van der Waals surface area contributed by atoms with Crippen LogP contribution in [0.5, 0.6) is 0 Å². The third-order valence-electron chi connectivity index (χ3n) is 4.99. The first-order valence-electron chi connectivity index (χ1n) is 8.32. The van der Waals surface area contributed by atoms with E-state index in [1.54, 1.807) is 16.6 Å². The van der Waals surface area contributed by atoms with Gasteiger partial charge in [0.15, 0.2) is 0 Å². The summed E-state index contributed by atoms with van der Waals surface area (Å²) in [5.74, 6) is -0.0163. The van der Waals surface area contributed by atoms with Gasteiger partial charge in [0.1, 0.15) is 4.88 Å². The molecule has 1 saturated heterocycles. The van der Waals surface area contributed by atoms with Crippen LogP contribution in [-0.2, 0) is 13.0 Å². The van der Waals surface area contributed by atoms with E-state index in [0.29, 0.717) is 30.9 Å². The van der Waals surface area contributed by atoms with Gasteiger partial charge in [-0.15, -0.1) is 11.3 Å². The number of fused-ring (bicyclic) bond motifs is 1. The van der Waals surface area contributed by atoms with Gasteiger partial charge >= 0.3 is 0 Å². The molecule has 3 heterocycles. The molecule has 2 aliphatic heterocycles. The summed E-state index contributed by atoms with van der Waals surface area (Å²) in [6, 6.07) is 8.51. The second-order valence-corrected chi connectivity index (χ2v) is 7.68. The smallest absolute Gasteiger partial charge is 0.265 e. The summed E-state index contributed by atoms with van der Waals surface area (Å²) in [6.45, 7) is 3.47. The molecule has 1 atom stereocenters. The first-order chi connectivity index (χ1) is 11.6. The van der Waals surface area contributed by atoms with Crippen LogP contribution in [0.2, 0.25) is 0 Å². The molecule has 0 unspecified atom stereocenters. The highest BCUT2D eigenvalue weighted by Gasteiger charge is 2.40. The van der Waals surface area contributed by atoms with Gasteiger partial charge in [-0.3, -0.25) is 14.7 Å². The van der Waals surface area contributed by atoms with E-state index in [-0.39, 0.29) is 5.91 Å². The predicted molar refractivity (Wildman–Crippen MR) is 93.0 cm³/mol. The zero-order chi connectivity index (χ0) is 16.6. The van der Waals surface area contributed by atoms with E-state index in [2.05, 4.69) is 34.1 Å². The summed E-state index contributed by atoms with van der Waals surface area (Å²) in [5.41, 5.74) is 3.62. The molecular formula is C18H21N3O2S. The first-order valence-corrected chi connectivity index (χ1v) is 9.20. The predicted octanol–water partition coefficient (Wildman–Crippen LogP) is 1.78. The summed E-state index contributed by atoms with van der Waals surface area (Å²) < 4.78 is 0. The molecule has 1 N–H and O–H groups in total. The Hall–Kier alpha value is -1.76. The topological polar surface area (TPSA) is 56.7 Å². The third kappa shape index (κ3) is 3.09. The van der Waals surface area contributed by atoms with Crippen molar-refractivity contribution in [3.63, 3.8) is 0 Å². The van der Waals surface area contributed by atoms with Crippen LogP contribution in [0.15, 0.2) is 36.0 Å². The van der Waals surface area contributed by atoms with E-state index in [0.717, 1.165) is 19.5 Å². The summed E-state index contributed by atoms with van der Waals surface area (Å²) in [4.78, 5) is 21.1. The molecule has 1 aromatic carbocycles. The van der Waals surface area contributed by atoms with Crippen LogP contribution in [0, 0.1) is 0 Å². The van der Waals surface area contributed by atoms with Crippen LogP contribution >= 0.6 is 11.3 Å². The Morgan fingerprint density at radius 1 is 1.29 bits per heavy atom. The molecule has 6 heteroatoms. The number of β-amino-alcohol motifs (C(OH)–C–C–N with tert-alkyl or cyclic N) is 1. The van der Waals surface area contributed by atoms with Gasteiger partial charge in [-0.25, -0.2) is 0 Å². The van der Waals surface area contributed by atoms with Gasteiger partial charge in [-0.1, -0.05) is 24.3 Å². The van der Waals surface area contributed by atoms with Gasteiger partial charge in [0.2, 0.25) is 0 Å². The number of aromatic nitrogens is 1. The minimum atomic E-state index is -0.813. The Morgan fingerprint density at radius 2 is 2.12 bits per heavy atom. The Kier molecular flexibility index (Phi) is 4.12. The van der Waals surface area contributed by atoms with Crippen molar-refractivity contribution in [2.24, 2.45) is 0 Å².